The van der Waals surface area contributed by atoms with Crippen LogP contribution in [0, 0.1) is 17.6 Å². The van der Waals surface area contributed by atoms with Crippen LogP contribution in [0.2, 0.25) is 0 Å². The number of carbonyl (C=O) groups excluding carboxylic acids is 2. The number of benzene rings is 1. The molecule has 2 amide bonds. The van der Waals surface area contributed by atoms with Gasteiger partial charge in [-0.05, 0) is 56.9 Å². The number of ether oxygens (including phenoxy) is 1. The van der Waals surface area contributed by atoms with Gasteiger partial charge in [0.2, 0.25) is 5.91 Å². The molecule has 0 aromatic heterocycles. The molecular formula is C17H22F2N2O3. The molecule has 0 bridgehead atoms. The maximum Gasteiger partial charge on any atom is 0.407 e. The zero-order chi connectivity index (χ0) is 17.9. The van der Waals surface area contributed by atoms with Crippen molar-refractivity contribution in [2.75, 3.05) is 13.1 Å². The van der Waals surface area contributed by atoms with Crippen molar-refractivity contribution in [3.8, 4) is 0 Å². The summed E-state index contributed by atoms with van der Waals surface area (Å²) in [6.45, 7) is 5.74. The lowest BCUT2D eigenvalue weighted by atomic mass is 10.1. The fraction of sp³-hybridized carbons (Fsp3) is 0.529. The molecule has 132 valence electrons. The molecule has 0 spiro atoms. The number of carbonyl (C=O) groups is 2. The third-order valence-corrected chi connectivity index (χ3v) is 3.58. The van der Waals surface area contributed by atoms with Gasteiger partial charge in [0, 0.05) is 19.0 Å². The zero-order valence-corrected chi connectivity index (χ0v) is 14.0. The second-order valence-corrected chi connectivity index (χ2v) is 6.83. The number of halogens is 2. The van der Waals surface area contributed by atoms with E-state index >= 15 is 0 Å². The smallest absolute Gasteiger partial charge is 0.407 e. The van der Waals surface area contributed by atoms with Crippen LogP contribution in [0.15, 0.2) is 18.2 Å². The van der Waals surface area contributed by atoms with Gasteiger partial charge in [-0.25, -0.2) is 13.6 Å². The third-order valence-electron chi connectivity index (χ3n) is 3.58. The highest BCUT2D eigenvalue weighted by Gasteiger charge is 2.45. The van der Waals surface area contributed by atoms with Crippen molar-refractivity contribution in [2.45, 2.75) is 38.7 Å². The van der Waals surface area contributed by atoms with Crippen LogP contribution in [0.4, 0.5) is 13.6 Å². The minimum Gasteiger partial charge on any atom is -0.444 e. The Bertz CT molecular complexity index is 629. The Morgan fingerprint density at radius 1 is 1.21 bits per heavy atom. The molecule has 1 aromatic carbocycles. The predicted octanol–water partition coefficient (Wildman–Crippen LogP) is 2.71. The van der Waals surface area contributed by atoms with E-state index in [0.717, 1.165) is 18.2 Å². The standard InChI is InChI=1S/C17H22F2N2O3/c1-17(2,3)24-16(23)21-7-6-20-15(22)13-9-11(13)12-8-10(18)4-5-14(12)19/h4-5,8,11,13H,6-7,9H2,1-3H3,(H,20,22)(H,21,23)/t11-,13-/m0/s1. The highest BCUT2D eigenvalue weighted by atomic mass is 19.1. The van der Waals surface area contributed by atoms with E-state index in [9.17, 15) is 18.4 Å². The summed E-state index contributed by atoms with van der Waals surface area (Å²) in [6, 6.07) is 3.26. The topological polar surface area (TPSA) is 67.4 Å². The van der Waals surface area contributed by atoms with Crippen LogP contribution in [0.3, 0.4) is 0 Å². The first kappa shape index (κ1) is 18.2. The van der Waals surface area contributed by atoms with E-state index in [1.54, 1.807) is 20.8 Å². The molecule has 0 unspecified atom stereocenters. The Hall–Kier alpha value is -2.18. The molecule has 24 heavy (non-hydrogen) atoms. The maximum absolute atomic E-state index is 13.7. The van der Waals surface area contributed by atoms with Crippen LogP contribution in [0.5, 0.6) is 0 Å². The molecule has 0 aliphatic heterocycles. The van der Waals surface area contributed by atoms with E-state index in [2.05, 4.69) is 10.6 Å². The Morgan fingerprint density at radius 2 is 1.88 bits per heavy atom. The van der Waals surface area contributed by atoms with Crippen molar-refractivity contribution in [1.82, 2.24) is 10.6 Å². The summed E-state index contributed by atoms with van der Waals surface area (Å²) in [4.78, 5) is 23.4. The molecule has 5 nitrogen and oxygen atoms in total. The van der Waals surface area contributed by atoms with Crippen molar-refractivity contribution in [3.63, 3.8) is 0 Å². The largest absolute Gasteiger partial charge is 0.444 e. The molecule has 0 radical (unpaired) electrons. The zero-order valence-electron chi connectivity index (χ0n) is 14.0. The van der Waals surface area contributed by atoms with Gasteiger partial charge in [0.1, 0.15) is 17.2 Å². The number of hydrogen-bond acceptors (Lipinski definition) is 3. The van der Waals surface area contributed by atoms with Gasteiger partial charge in [0.15, 0.2) is 0 Å². The summed E-state index contributed by atoms with van der Waals surface area (Å²) in [6.07, 6.45) is -0.0611. The van der Waals surface area contributed by atoms with E-state index in [1.807, 2.05) is 0 Å². The van der Waals surface area contributed by atoms with Gasteiger partial charge in [-0.2, -0.15) is 0 Å². The SMILES string of the molecule is CC(C)(C)OC(=O)NCCNC(=O)[C@H]1C[C@H]1c1cc(F)ccc1F. The van der Waals surface area contributed by atoms with Gasteiger partial charge in [-0.15, -0.1) is 0 Å². The van der Waals surface area contributed by atoms with E-state index in [1.165, 1.54) is 0 Å². The van der Waals surface area contributed by atoms with Crippen molar-refractivity contribution in [2.24, 2.45) is 5.92 Å². The van der Waals surface area contributed by atoms with E-state index in [4.69, 9.17) is 4.74 Å². The summed E-state index contributed by atoms with van der Waals surface area (Å²) >= 11 is 0. The minimum absolute atomic E-state index is 0.227. The molecule has 1 fully saturated rings. The fourth-order valence-electron chi connectivity index (χ4n) is 2.42. The monoisotopic (exact) mass is 340 g/mol. The van der Waals surface area contributed by atoms with Crippen LogP contribution in [0.1, 0.15) is 38.7 Å². The molecular weight excluding hydrogens is 318 g/mol. The van der Waals surface area contributed by atoms with Crippen molar-refractivity contribution >= 4 is 12.0 Å². The van der Waals surface area contributed by atoms with Gasteiger partial charge in [0.05, 0.1) is 0 Å². The Labute approximate surface area is 139 Å². The lowest BCUT2D eigenvalue weighted by molar-refractivity contribution is -0.122. The number of nitrogens with one attached hydrogen (secondary N) is 2. The lowest BCUT2D eigenvalue weighted by Crippen LogP contribution is -2.38. The fourth-order valence-corrected chi connectivity index (χ4v) is 2.42. The van der Waals surface area contributed by atoms with Crippen LogP contribution in [0.25, 0.3) is 0 Å². The minimum atomic E-state index is -0.580. The number of hydrogen-bond donors (Lipinski definition) is 2. The molecule has 1 aliphatic rings. The van der Waals surface area contributed by atoms with Gasteiger partial charge in [0.25, 0.3) is 0 Å². The second kappa shape index (κ2) is 7.15. The highest BCUT2D eigenvalue weighted by molar-refractivity contribution is 5.83. The average Bonchev–Trinajstić information content (AvgIpc) is 3.24. The van der Waals surface area contributed by atoms with Crippen molar-refractivity contribution in [3.05, 3.63) is 35.4 Å². The molecule has 2 N–H and O–H groups in total. The number of amides is 2. The summed E-state index contributed by atoms with van der Waals surface area (Å²) in [5.74, 6) is -1.89. The molecule has 2 atom stereocenters. The molecule has 1 aromatic rings. The molecule has 0 heterocycles. The Balaban J connectivity index is 1.71. The first-order valence-corrected chi connectivity index (χ1v) is 7.87. The number of rotatable bonds is 5. The molecule has 2 rings (SSSR count). The molecule has 0 saturated heterocycles. The summed E-state index contributed by atoms with van der Waals surface area (Å²) < 4.78 is 31.9. The van der Waals surface area contributed by atoms with Gasteiger partial charge >= 0.3 is 6.09 Å². The lowest BCUT2D eigenvalue weighted by Gasteiger charge is -2.19. The highest BCUT2D eigenvalue weighted by Crippen LogP contribution is 2.48. The second-order valence-electron chi connectivity index (χ2n) is 6.83. The van der Waals surface area contributed by atoms with Crippen LogP contribution in [-0.4, -0.2) is 30.7 Å². The maximum atomic E-state index is 13.7. The van der Waals surface area contributed by atoms with Gasteiger partial charge in [-0.1, -0.05) is 0 Å². The molecule has 1 saturated carbocycles. The first-order valence-electron chi connectivity index (χ1n) is 7.87. The van der Waals surface area contributed by atoms with Gasteiger partial charge < -0.3 is 15.4 Å². The normalized spacial score (nSPS) is 19.5. The molecule has 1 aliphatic carbocycles. The predicted molar refractivity (Wildman–Crippen MR) is 84.5 cm³/mol. The van der Waals surface area contributed by atoms with E-state index < -0.39 is 23.3 Å². The van der Waals surface area contributed by atoms with E-state index in [0.29, 0.717) is 6.42 Å². The Morgan fingerprint density at radius 3 is 2.54 bits per heavy atom. The summed E-state index contributed by atoms with van der Waals surface area (Å²) in [5.41, 5.74) is -0.342. The van der Waals surface area contributed by atoms with Crippen LogP contribution < -0.4 is 10.6 Å². The van der Waals surface area contributed by atoms with Crippen molar-refractivity contribution in [1.29, 1.82) is 0 Å². The van der Waals surface area contributed by atoms with Crippen molar-refractivity contribution < 1.29 is 23.1 Å². The van der Waals surface area contributed by atoms with Crippen LogP contribution >= 0.6 is 0 Å². The average molecular weight is 340 g/mol. The van der Waals surface area contributed by atoms with Gasteiger partial charge in [-0.3, -0.25) is 4.79 Å². The van der Waals surface area contributed by atoms with E-state index in [-0.39, 0.29) is 36.4 Å². The molecule has 7 heteroatoms. The quantitative estimate of drug-likeness (QED) is 0.810. The number of alkyl carbamates (subject to hydrolysis) is 1. The third kappa shape index (κ3) is 5.18. The summed E-state index contributed by atoms with van der Waals surface area (Å²) in [7, 11) is 0. The summed E-state index contributed by atoms with van der Waals surface area (Å²) in [5, 5.41) is 5.20. The first-order chi connectivity index (χ1) is 11.2. The Kier molecular flexibility index (Phi) is 5.41. The van der Waals surface area contributed by atoms with Crippen LogP contribution in [-0.2, 0) is 9.53 Å².